The van der Waals surface area contributed by atoms with E-state index in [0.29, 0.717) is 23.3 Å². The average molecular weight is 568 g/mol. The Hall–Kier alpha value is -2.86. The summed E-state index contributed by atoms with van der Waals surface area (Å²) in [6, 6.07) is 25.9. The van der Waals surface area contributed by atoms with Gasteiger partial charge in [0, 0.05) is 23.6 Å². The molecule has 1 N–H and O–H groups in total. The summed E-state index contributed by atoms with van der Waals surface area (Å²) in [5.41, 5.74) is 3.14. The number of carbonyl (C=O) groups excluding carboxylic acids is 1. The monoisotopic (exact) mass is 566 g/mol. The molecule has 2 atom stereocenters. The lowest BCUT2D eigenvalue weighted by Crippen LogP contribution is -2.47. The lowest BCUT2D eigenvalue weighted by atomic mass is 9.70. The van der Waals surface area contributed by atoms with Crippen molar-refractivity contribution in [2.45, 2.75) is 44.1 Å². The highest BCUT2D eigenvalue weighted by Gasteiger charge is 2.43. The number of ketones is 1. The molecule has 1 aliphatic heterocycles. The van der Waals surface area contributed by atoms with E-state index in [1.54, 1.807) is 13.0 Å². The fourth-order valence-electron chi connectivity index (χ4n) is 5.57. The Kier molecular flexibility index (Phi) is 9.71. The molecule has 39 heavy (non-hydrogen) atoms. The summed E-state index contributed by atoms with van der Waals surface area (Å²) in [6.07, 6.45) is 2.18. The molecule has 5 nitrogen and oxygen atoms in total. The van der Waals surface area contributed by atoms with Gasteiger partial charge in [-0.05, 0) is 86.0 Å². The van der Waals surface area contributed by atoms with Crippen LogP contribution >= 0.6 is 23.2 Å². The zero-order valence-electron chi connectivity index (χ0n) is 22.5. The topological polar surface area (TPSA) is 60.9 Å². The molecule has 3 aromatic carbocycles. The highest BCUT2D eigenvalue weighted by atomic mass is 35.5. The SMILES string of the molecule is CC(=O)C1(c2ccccc2)CCN(C[C@@H]2C[C@@H]2c2ccc(Cl)cc2)CC1.CN(Cc1ccccc1Cl)C(=O)O. The van der Waals surface area contributed by atoms with Crippen LogP contribution in [0.25, 0.3) is 0 Å². The summed E-state index contributed by atoms with van der Waals surface area (Å²) in [5, 5.41) is 10.0. The van der Waals surface area contributed by atoms with Crippen LogP contribution in [-0.4, -0.2) is 53.5 Å². The van der Waals surface area contributed by atoms with Crippen LogP contribution < -0.4 is 0 Å². The molecule has 206 valence electrons. The van der Waals surface area contributed by atoms with Crippen molar-refractivity contribution in [2.24, 2.45) is 5.92 Å². The smallest absolute Gasteiger partial charge is 0.407 e. The van der Waals surface area contributed by atoms with Crippen molar-refractivity contribution in [1.82, 2.24) is 9.80 Å². The molecule has 0 aromatic heterocycles. The second-order valence-corrected chi connectivity index (χ2v) is 11.5. The zero-order chi connectivity index (χ0) is 28.0. The Labute approximate surface area is 241 Å². The van der Waals surface area contributed by atoms with Crippen LogP contribution in [0.15, 0.2) is 78.9 Å². The molecule has 0 bridgehead atoms. The molecule has 2 fully saturated rings. The van der Waals surface area contributed by atoms with Gasteiger partial charge in [0.15, 0.2) is 0 Å². The van der Waals surface area contributed by atoms with Gasteiger partial charge in [0.1, 0.15) is 5.78 Å². The van der Waals surface area contributed by atoms with Gasteiger partial charge in [0.05, 0.1) is 12.0 Å². The molecule has 0 unspecified atom stereocenters. The number of carbonyl (C=O) groups is 2. The molecule has 0 spiro atoms. The third-order valence-corrected chi connectivity index (χ3v) is 8.74. The van der Waals surface area contributed by atoms with Crippen molar-refractivity contribution in [3.63, 3.8) is 0 Å². The van der Waals surface area contributed by atoms with E-state index in [2.05, 4.69) is 29.2 Å². The van der Waals surface area contributed by atoms with Gasteiger partial charge in [-0.2, -0.15) is 0 Å². The van der Waals surface area contributed by atoms with E-state index < -0.39 is 6.09 Å². The molecule has 3 aromatic rings. The maximum atomic E-state index is 12.5. The van der Waals surface area contributed by atoms with Crippen LogP contribution in [0.1, 0.15) is 48.8 Å². The standard InChI is InChI=1S/C23H26ClNO.C9H10ClNO2/c1-17(26)23(20-5-3-2-4-6-20)11-13-25(14-12-23)16-19-15-22(19)18-7-9-21(24)10-8-18;1-11(9(12)13)6-7-4-2-3-5-8(7)10/h2-10,19,22H,11-16H2,1H3;2-5H,6H2,1H3,(H,12,13)/t19-,22+;/m0./s1. The van der Waals surface area contributed by atoms with Gasteiger partial charge >= 0.3 is 6.09 Å². The minimum absolute atomic E-state index is 0.281. The molecule has 1 saturated carbocycles. The first-order valence-electron chi connectivity index (χ1n) is 13.4. The molecule has 1 saturated heterocycles. The second-order valence-electron chi connectivity index (χ2n) is 10.7. The number of amides is 1. The number of nitrogens with zero attached hydrogens (tertiary/aromatic N) is 2. The summed E-state index contributed by atoms with van der Waals surface area (Å²) >= 11 is 11.8. The molecule has 7 heteroatoms. The highest BCUT2D eigenvalue weighted by molar-refractivity contribution is 6.31. The van der Waals surface area contributed by atoms with Crippen LogP contribution in [0.5, 0.6) is 0 Å². The van der Waals surface area contributed by atoms with E-state index in [1.165, 1.54) is 29.5 Å². The fourth-order valence-corrected chi connectivity index (χ4v) is 5.89. The normalized spacial score (nSPS) is 19.9. The number of piperidine rings is 1. The van der Waals surface area contributed by atoms with Crippen molar-refractivity contribution in [3.8, 4) is 0 Å². The molecule has 1 heterocycles. The summed E-state index contributed by atoms with van der Waals surface area (Å²) in [6.45, 7) is 5.25. The highest BCUT2D eigenvalue weighted by Crippen LogP contribution is 2.48. The minimum Gasteiger partial charge on any atom is -0.465 e. The second kappa shape index (κ2) is 13.0. The van der Waals surface area contributed by atoms with E-state index >= 15 is 0 Å². The van der Waals surface area contributed by atoms with Gasteiger partial charge in [0.2, 0.25) is 0 Å². The van der Waals surface area contributed by atoms with E-state index in [4.69, 9.17) is 28.3 Å². The summed E-state index contributed by atoms with van der Waals surface area (Å²) < 4.78 is 0. The summed E-state index contributed by atoms with van der Waals surface area (Å²) in [4.78, 5) is 26.7. The first kappa shape index (κ1) is 29.1. The number of hydrogen-bond acceptors (Lipinski definition) is 3. The van der Waals surface area contributed by atoms with Gasteiger partial charge < -0.3 is 14.9 Å². The number of Topliss-reactive ketones (excluding diaryl/α,β-unsaturated/α-hetero) is 1. The molecular weight excluding hydrogens is 531 g/mol. The van der Waals surface area contributed by atoms with E-state index in [-0.39, 0.29) is 5.41 Å². The van der Waals surface area contributed by atoms with Crippen LogP contribution in [0.3, 0.4) is 0 Å². The average Bonchev–Trinajstić information content (AvgIpc) is 3.70. The number of rotatable bonds is 7. The van der Waals surface area contributed by atoms with Gasteiger partial charge in [-0.1, -0.05) is 83.9 Å². The third-order valence-electron chi connectivity index (χ3n) is 8.12. The lowest BCUT2D eigenvalue weighted by molar-refractivity contribution is -0.124. The van der Waals surface area contributed by atoms with Crippen LogP contribution in [0.2, 0.25) is 10.0 Å². The minimum atomic E-state index is -0.958. The van der Waals surface area contributed by atoms with Crippen molar-refractivity contribution < 1.29 is 14.7 Å². The summed E-state index contributed by atoms with van der Waals surface area (Å²) in [7, 11) is 1.51. The van der Waals surface area contributed by atoms with Crippen LogP contribution in [0, 0.1) is 5.92 Å². The molecular formula is C32H36Cl2N2O3. The van der Waals surface area contributed by atoms with E-state index in [1.807, 2.05) is 48.5 Å². The quantitative estimate of drug-likeness (QED) is 0.321. The van der Waals surface area contributed by atoms with Crippen LogP contribution in [-0.2, 0) is 16.8 Å². The zero-order valence-corrected chi connectivity index (χ0v) is 24.0. The van der Waals surface area contributed by atoms with E-state index in [9.17, 15) is 9.59 Å². The maximum Gasteiger partial charge on any atom is 0.407 e. The number of halogens is 2. The van der Waals surface area contributed by atoms with Gasteiger partial charge in [0.25, 0.3) is 0 Å². The third kappa shape index (κ3) is 7.42. The Morgan fingerprint density at radius 2 is 1.56 bits per heavy atom. The van der Waals surface area contributed by atoms with Gasteiger partial charge in [-0.3, -0.25) is 4.79 Å². The van der Waals surface area contributed by atoms with Crippen molar-refractivity contribution in [3.05, 3.63) is 106 Å². The summed E-state index contributed by atoms with van der Waals surface area (Å²) in [5.74, 6) is 1.74. The Bertz CT molecular complexity index is 1260. The fraction of sp³-hybridized carbons (Fsp3) is 0.375. The molecule has 2 aliphatic rings. The maximum absolute atomic E-state index is 12.5. The predicted molar refractivity (Wildman–Crippen MR) is 158 cm³/mol. The molecule has 5 rings (SSSR count). The number of carboxylic acid groups (broad SMARTS) is 1. The Balaban J connectivity index is 0.000000229. The first-order valence-corrected chi connectivity index (χ1v) is 14.2. The van der Waals surface area contributed by atoms with Crippen molar-refractivity contribution in [1.29, 1.82) is 0 Å². The van der Waals surface area contributed by atoms with Crippen molar-refractivity contribution in [2.75, 3.05) is 26.7 Å². The lowest BCUT2D eigenvalue weighted by Gasteiger charge is -2.40. The Morgan fingerprint density at radius 1 is 0.949 bits per heavy atom. The number of hydrogen-bond donors (Lipinski definition) is 1. The van der Waals surface area contributed by atoms with E-state index in [0.717, 1.165) is 49.0 Å². The molecule has 0 radical (unpaired) electrons. The van der Waals surface area contributed by atoms with Crippen molar-refractivity contribution >= 4 is 35.1 Å². The Morgan fingerprint density at radius 3 is 2.15 bits per heavy atom. The number of likely N-dealkylation sites (tertiary alicyclic amines) is 1. The first-order chi connectivity index (χ1) is 18.7. The molecule has 1 aliphatic carbocycles. The van der Waals surface area contributed by atoms with Crippen LogP contribution in [0.4, 0.5) is 4.79 Å². The molecule has 1 amide bonds. The van der Waals surface area contributed by atoms with Gasteiger partial charge in [-0.15, -0.1) is 0 Å². The number of benzene rings is 3. The largest absolute Gasteiger partial charge is 0.465 e. The predicted octanol–water partition coefficient (Wildman–Crippen LogP) is 7.52. The van der Waals surface area contributed by atoms with Gasteiger partial charge in [-0.25, -0.2) is 4.79 Å².